The monoisotopic (exact) mass is 258 g/mol. The largest absolute Gasteiger partial charge is 0.416 e. The number of unbranched alkanes of at least 4 members (excludes halogenated alkanes) is 1. The van der Waals surface area contributed by atoms with Crippen LogP contribution in [0.25, 0.3) is 0 Å². The Kier molecular flexibility index (Phi) is 6.70. The fourth-order valence-electron chi connectivity index (χ4n) is 2.42. The van der Waals surface area contributed by atoms with Gasteiger partial charge in [-0.15, -0.1) is 0 Å². The minimum absolute atomic E-state index is 0.383. The second-order valence-corrected chi connectivity index (χ2v) is 10.2. The predicted molar refractivity (Wildman–Crippen MR) is 76.8 cm³/mol. The van der Waals surface area contributed by atoms with E-state index in [1.807, 2.05) is 0 Å². The van der Waals surface area contributed by atoms with Crippen LogP contribution in [0.15, 0.2) is 0 Å². The van der Waals surface area contributed by atoms with Crippen LogP contribution in [-0.4, -0.2) is 45.5 Å². The van der Waals surface area contributed by atoms with Crippen LogP contribution < -0.4 is 5.73 Å². The molecule has 0 aromatic heterocycles. The maximum absolute atomic E-state index is 6.13. The third-order valence-electron chi connectivity index (χ3n) is 3.57. The minimum atomic E-state index is -1.38. The highest BCUT2D eigenvalue weighted by Gasteiger charge is 2.22. The molecule has 2 N–H and O–H groups in total. The summed E-state index contributed by atoms with van der Waals surface area (Å²) in [6, 6.07) is 1.68. The number of nitrogens with zero attached hydrogens (tertiary/aromatic N) is 1. The summed E-state index contributed by atoms with van der Waals surface area (Å²) < 4.78 is 6.13. The van der Waals surface area contributed by atoms with Crippen LogP contribution in [0.1, 0.15) is 32.6 Å². The molecule has 1 unspecified atom stereocenters. The zero-order chi connectivity index (χ0) is 12.7. The summed E-state index contributed by atoms with van der Waals surface area (Å²) in [5.74, 6) is 0. The number of rotatable bonds is 7. The van der Waals surface area contributed by atoms with Gasteiger partial charge in [0.25, 0.3) is 0 Å². The van der Waals surface area contributed by atoms with Gasteiger partial charge in [-0.05, 0) is 38.5 Å². The highest BCUT2D eigenvalue weighted by Crippen LogP contribution is 2.15. The van der Waals surface area contributed by atoms with E-state index in [0.29, 0.717) is 6.04 Å². The van der Waals surface area contributed by atoms with Gasteiger partial charge in [-0.3, -0.25) is 4.90 Å². The highest BCUT2D eigenvalue weighted by atomic mass is 28.4. The van der Waals surface area contributed by atoms with E-state index in [0.717, 1.165) is 19.7 Å². The Morgan fingerprint density at radius 3 is 2.82 bits per heavy atom. The number of hydrogen-bond donors (Lipinski definition) is 1. The van der Waals surface area contributed by atoms with Gasteiger partial charge in [-0.25, -0.2) is 0 Å². The Hall–Kier alpha value is 0.0969. The van der Waals surface area contributed by atoms with E-state index in [1.165, 1.54) is 38.3 Å². The minimum Gasteiger partial charge on any atom is -0.416 e. The fraction of sp³-hybridized carbons (Fsp3) is 1.00. The Morgan fingerprint density at radius 2 is 2.18 bits per heavy atom. The molecule has 0 aromatic carbocycles. The second-order valence-electron chi connectivity index (χ2n) is 5.91. The molecule has 0 aliphatic carbocycles. The van der Waals surface area contributed by atoms with E-state index in [9.17, 15) is 0 Å². The number of nitrogens with two attached hydrogens (primary N) is 1. The van der Waals surface area contributed by atoms with Gasteiger partial charge in [0, 0.05) is 25.7 Å². The van der Waals surface area contributed by atoms with Gasteiger partial charge in [0.1, 0.15) is 0 Å². The fourth-order valence-corrected chi connectivity index (χ4v) is 4.41. The summed E-state index contributed by atoms with van der Waals surface area (Å²) >= 11 is 0. The number of piperidine rings is 1. The van der Waals surface area contributed by atoms with Crippen LogP contribution in [0.2, 0.25) is 19.1 Å². The van der Waals surface area contributed by atoms with E-state index >= 15 is 0 Å². The third kappa shape index (κ3) is 6.55. The molecule has 4 heteroatoms. The van der Waals surface area contributed by atoms with Crippen molar-refractivity contribution in [1.82, 2.24) is 4.90 Å². The van der Waals surface area contributed by atoms with Crippen molar-refractivity contribution in [2.24, 2.45) is 5.73 Å². The molecule has 1 atom stereocenters. The molecule has 1 fully saturated rings. The summed E-state index contributed by atoms with van der Waals surface area (Å²) in [7, 11) is -1.38. The van der Waals surface area contributed by atoms with Crippen LogP contribution in [-0.2, 0) is 4.43 Å². The van der Waals surface area contributed by atoms with Crippen LogP contribution in [0, 0.1) is 0 Å². The summed E-state index contributed by atoms with van der Waals surface area (Å²) in [6.45, 7) is 11.1. The summed E-state index contributed by atoms with van der Waals surface area (Å²) in [5, 5.41) is 0. The van der Waals surface area contributed by atoms with Gasteiger partial charge in [-0.2, -0.15) is 0 Å². The summed E-state index contributed by atoms with van der Waals surface area (Å²) in [6.07, 6.45) is 5.03. The van der Waals surface area contributed by atoms with Gasteiger partial charge in [-0.1, -0.05) is 19.8 Å². The molecule has 1 saturated heterocycles. The normalized spacial score (nSPS) is 22.9. The maximum Gasteiger partial charge on any atom is 0.186 e. The molecule has 0 amide bonds. The summed E-state index contributed by atoms with van der Waals surface area (Å²) in [4.78, 5) is 2.46. The van der Waals surface area contributed by atoms with Crippen molar-refractivity contribution < 1.29 is 4.43 Å². The standard InChI is InChI=1S/C13H30N2OSi/c1-4-5-11-17(2,3)16-10-9-15-8-6-7-13(14)12-15/h13H,4-12,14H2,1-3H3. The number of hydrogen-bond acceptors (Lipinski definition) is 3. The molecule has 0 aromatic rings. The molecule has 102 valence electrons. The average Bonchev–Trinajstić information content (AvgIpc) is 2.26. The molecule has 0 saturated carbocycles. The van der Waals surface area contributed by atoms with E-state index in [1.54, 1.807) is 0 Å². The van der Waals surface area contributed by atoms with E-state index < -0.39 is 8.32 Å². The lowest BCUT2D eigenvalue weighted by Crippen LogP contribution is -2.45. The van der Waals surface area contributed by atoms with Crippen LogP contribution >= 0.6 is 0 Å². The van der Waals surface area contributed by atoms with Crippen molar-refractivity contribution in [2.45, 2.75) is 57.8 Å². The Labute approximate surface area is 108 Å². The highest BCUT2D eigenvalue weighted by molar-refractivity contribution is 6.71. The third-order valence-corrected chi connectivity index (χ3v) is 6.12. The first-order chi connectivity index (χ1) is 8.03. The molecular formula is C13H30N2OSi. The van der Waals surface area contributed by atoms with Crippen LogP contribution in [0.4, 0.5) is 0 Å². The predicted octanol–water partition coefficient (Wildman–Crippen LogP) is 2.43. The molecule has 3 nitrogen and oxygen atoms in total. The first-order valence-electron chi connectivity index (χ1n) is 7.15. The van der Waals surface area contributed by atoms with E-state index in [2.05, 4.69) is 24.9 Å². The zero-order valence-electron chi connectivity index (χ0n) is 11.9. The van der Waals surface area contributed by atoms with Gasteiger partial charge < -0.3 is 10.2 Å². The van der Waals surface area contributed by atoms with E-state index in [4.69, 9.17) is 10.2 Å². The van der Waals surface area contributed by atoms with E-state index in [-0.39, 0.29) is 0 Å². The Bertz CT molecular complexity index is 212. The molecule has 0 radical (unpaired) electrons. The van der Waals surface area contributed by atoms with Crippen molar-refractivity contribution in [3.8, 4) is 0 Å². The average molecular weight is 258 g/mol. The molecule has 17 heavy (non-hydrogen) atoms. The second kappa shape index (κ2) is 7.51. The van der Waals surface area contributed by atoms with Gasteiger partial charge >= 0.3 is 0 Å². The molecule has 1 aliphatic rings. The van der Waals surface area contributed by atoms with Crippen molar-refractivity contribution in [3.63, 3.8) is 0 Å². The topological polar surface area (TPSA) is 38.5 Å². The number of likely N-dealkylation sites (tertiary alicyclic amines) is 1. The van der Waals surface area contributed by atoms with Crippen molar-refractivity contribution in [1.29, 1.82) is 0 Å². The molecule has 1 rings (SSSR count). The van der Waals surface area contributed by atoms with Crippen LogP contribution in [0.5, 0.6) is 0 Å². The molecular weight excluding hydrogens is 228 g/mol. The van der Waals surface area contributed by atoms with Crippen molar-refractivity contribution in [2.75, 3.05) is 26.2 Å². The lowest BCUT2D eigenvalue weighted by Gasteiger charge is -2.32. The van der Waals surface area contributed by atoms with Gasteiger partial charge in [0.15, 0.2) is 8.32 Å². The molecule has 1 heterocycles. The van der Waals surface area contributed by atoms with Gasteiger partial charge in [0.05, 0.1) is 0 Å². The first-order valence-corrected chi connectivity index (χ1v) is 10.3. The summed E-state index contributed by atoms with van der Waals surface area (Å²) in [5.41, 5.74) is 5.97. The van der Waals surface area contributed by atoms with Crippen LogP contribution in [0.3, 0.4) is 0 Å². The Balaban J connectivity index is 2.13. The quantitative estimate of drug-likeness (QED) is 0.713. The Morgan fingerprint density at radius 1 is 1.41 bits per heavy atom. The first kappa shape index (κ1) is 15.2. The zero-order valence-corrected chi connectivity index (χ0v) is 12.9. The molecule has 0 spiro atoms. The SMILES string of the molecule is CCCC[Si](C)(C)OCCN1CCCC(N)C1. The maximum atomic E-state index is 6.13. The lowest BCUT2D eigenvalue weighted by molar-refractivity contribution is 0.168. The smallest absolute Gasteiger partial charge is 0.186 e. The molecule has 0 bridgehead atoms. The van der Waals surface area contributed by atoms with Gasteiger partial charge in [0.2, 0.25) is 0 Å². The van der Waals surface area contributed by atoms with Crippen molar-refractivity contribution >= 4 is 8.32 Å². The molecule has 1 aliphatic heterocycles. The van der Waals surface area contributed by atoms with Crippen molar-refractivity contribution in [3.05, 3.63) is 0 Å². The lowest BCUT2D eigenvalue weighted by atomic mass is 10.1.